The van der Waals surface area contributed by atoms with E-state index >= 15 is 0 Å². The van der Waals surface area contributed by atoms with E-state index in [0.717, 1.165) is 37.2 Å². The van der Waals surface area contributed by atoms with E-state index in [2.05, 4.69) is 20.8 Å². The molecule has 0 radical (unpaired) electrons. The molecule has 1 unspecified atom stereocenters. The van der Waals surface area contributed by atoms with E-state index < -0.39 is 11.7 Å². The van der Waals surface area contributed by atoms with Crippen LogP contribution in [0.5, 0.6) is 0 Å². The van der Waals surface area contributed by atoms with Crippen LogP contribution < -0.4 is 10.6 Å². The number of nitrogens with two attached hydrogens (primary N) is 1. The summed E-state index contributed by atoms with van der Waals surface area (Å²) < 4.78 is 38.2. The molecule has 1 heterocycles. The van der Waals surface area contributed by atoms with Crippen LogP contribution in [0, 0.1) is 0 Å². The molecule has 0 bridgehead atoms. The third kappa shape index (κ3) is 2.64. The van der Waals surface area contributed by atoms with E-state index in [4.69, 9.17) is 5.73 Å². The van der Waals surface area contributed by atoms with Crippen LogP contribution in [0.15, 0.2) is 22.7 Å². The molecule has 1 aliphatic rings. The standard InChI is InChI=1S/C12H14BrF3N2/c13-10-6-8(12(14,15)16)3-4-11(10)18-5-1-2-9(18)7-17/h3-4,6,9H,1-2,5,7,17H2. The molecule has 2 rings (SSSR count). The number of anilines is 1. The van der Waals surface area contributed by atoms with E-state index in [1.54, 1.807) is 0 Å². The van der Waals surface area contributed by atoms with Gasteiger partial charge in [-0.3, -0.25) is 0 Å². The Bertz CT molecular complexity index is 434. The van der Waals surface area contributed by atoms with Crippen molar-refractivity contribution in [1.29, 1.82) is 0 Å². The van der Waals surface area contributed by atoms with E-state index in [0.29, 0.717) is 11.0 Å². The van der Waals surface area contributed by atoms with Crippen LogP contribution in [0.25, 0.3) is 0 Å². The lowest BCUT2D eigenvalue weighted by molar-refractivity contribution is -0.137. The summed E-state index contributed by atoms with van der Waals surface area (Å²) >= 11 is 3.22. The van der Waals surface area contributed by atoms with Crippen molar-refractivity contribution < 1.29 is 13.2 Å². The molecule has 100 valence electrons. The molecule has 2 N–H and O–H groups in total. The highest BCUT2D eigenvalue weighted by Gasteiger charge is 2.32. The first kappa shape index (κ1) is 13.7. The average Bonchev–Trinajstić information content (AvgIpc) is 2.75. The van der Waals surface area contributed by atoms with Crippen molar-refractivity contribution in [2.45, 2.75) is 25.1 Å². The number of hydrogen-bond donors (Lipinski definition) is 1. The summed E-state index contributed by atoms with van der Waals surface area (Å²) in [5.74, 6) is 0. The molecule has 1 aliphatic heterocycles. The van der Waals surface area contributed by atoms with E-state index in [9.17, 15) is 13.2 Å². The topological polar surface area (TPSA) is 29.3 Å². The second kappa shape index (κ2) is 5.09. The Kier molecular flexibility index (Phi) is 3.87. The van der Waals surface area contributed by atoms with Crippen molar-refractivity contribution in [2.24, 2.45) is 5.73 Å². The normalized spacial score (nSPS) is 20.5. The molecule has 1 aromatic carbocycles. The summed E-state index contributed by atoms with van der Waals surface area (Å²) in [5.41, 5.74) is 5.82. The molecular weight excluding hydrogens is 309 g/mol. The van der Waals surface area contributed by atoms with Gasteiger partial charge in [0.2, 0.25) is 0 Å². The Labute approximate surface area is 112 Å². The Balaban J connectivity index is 2.30. The predicted molar refractivity (Wildman–Crippen MR) is 68.6 cm³/mol. The van der Waals surface area contributed by atoms with E-state index in [1.165, 1.54) is 6.07 Å². The third-order valence-corrected chi connectivity index (χ3v) is 3.87. The Morgan fingerprint density at radius 3 is 2.67 bits per heavy atom. The van der Waals surface area contributed by atoms with Gasteiger partial charge in [-0.2, -0.15) is 13.2 Å². The molecule has 0 saturated carbocycles. The van der Waals surface area contributed by atoms with Gasteiger partial charge < -0.3 is 10.6 Å². The maximum Gasteiger partial charge on any atom is 0.416 e. The molecule has 1 aromatic rings. The first-order chi connectivity index (χ1) is 8.43. The number of hydrogen-bond acceptors (Lipinski definition) is 2. The van der Waals surface area contributed by atoms with Crippen LogP contribution in [0.3, 0.4) is 0 Å². The molecule has 0 aliphatic carbocycles. The minimum atomic E-state index is -4.31. The smallest absolute Gasteiger partial charge is 0.366 e. The van der Waals surface area contributed by atoms with Gasteiger partial charge in [0.05, 0.1) is 11.3 Å². The monoisotopic (exact) mass is 322 g/mol. The predicted octanol–water partition coefficient (Wildman–Crippen LogP) is 3.40. The Morgan fingerprint density at radius 1 is 1.39 bits per heavy atom. The zero-order chi connectivity index (χ0) is 13.3. The number of halogens is 4. The van der Waals surface area contributed by atoms with E-state index in [1.807, 2.05) is 0 Å². The highest BCUT2D eigenvalue weighted by molar-refractivity contribution is 9.10. The van der Waals surface area contributed by atoms with Crippen molar-refractivity contribution in [3.05, 3.63) is 28.2 Å². The summed E-state index contributed by atoms with van der Waals surface area (Å²) in [6, 6.07) is 3.98. The van der Waals surface area contributed by atoms with Gasteiger partial charge in [-0.05, 0) is 47.0 Å². The highest BCUT2D eigenvalue weighted by atomic mass is 79.9. The lowest BCUT2D eigenvalue weighted by Gasteiger charge is -2.27. The van der Waals surface area contributed by atoms with Crippen LogP contribution in [0.1, 0.15) is 18.4 Å². The first-order valence-corrected chi connectivity index (χ1v) is 6.56. The summed E-state index contributed by atoms with van der Waals surface area (Å²) in [7, 11) is 0. The lowest BCUT2D eigenvalue weighted by atomic mass is 10.1. The molecule has 1 fully saturated rings. The highest BCUT2D eigenvalue weighted by Crippen LogP contribution is 2.37. The van der Waals surface area contributed by atoms with Crippen molar-refractivity contribution in [3.8, 4) is 0 Å². The number of benzene rings is 1. The lowest BCUT2D eigenvalue weighted by Crippen LogP contribution is -2.35. The van der Waals surface area contributed by atoms with Gasteiger partial charge >= 0.3 is 6.18 Å². The fourth-order valence-corrected chi connectivity index (χ4v) is 2.92. The van der Waals surface area contributed by atoms with Crippen molar-refractivity contribution in [2.75, 3.05) is 18.0 Å². The summed E-state index contributed by atoms with van der Waals surface area (Å²) in [5, 5.41) is 0. The quantitative estimate of drug-likeness (QED) is 0.904. The molecular formula is C12H14BrF3N2. The fourth-order valence-electron chi connectivity index (χ4n) is 2.31. The van der Waals surface area contributed by atoms with Crippen LogP contribution in [0.4, 0.5) is 18.9 Å². The number of alkyl halides is 3. The van der Waals surface area contributed by atoms with Gasteiger partial charge in [0.25, 0.3) is 0 Å². The van der Waals surface area contributed by atoms with Crippen molar-refractivity contribution in [3.63, 3.8) is 0 Å². The molecule has 18 heavy (non-hydrogen) atoms. The maximum atomic E-state index is 12.6. The summed E-state index contributed by atoms with van der Waals surface area (Å²) in [4.78, 5) is 2.07. The maximum absolute atomic E-state index is 12.6. The van der Waals surface area contributed by atoms with Crippen LogP contribution >= 0.6 is 15.9 Å². The Morgan fingerprint density at radius 2 is 2.11 bits per heavy atom. The fraction of sp³-hybridized carbons (Fsp3) is 0.500. The van der Waals surface area contributed by atoms with Gasteiger partial charge in [-0.15, -0.1) is 0 Å². The second-order valence-corrected chi connectivity index (χ2v) is 5.24. The van der Waals surface area contributed by atoms with Gasteiger partial charge in [-0.25, -0.2) is 0 Å². The number of rotatable bonds is 2. The molecule has 0 amide bonds. The van der Waals surface area contributed by atoms with Crippen LogP contribution in [0.2, 0.25) is 0 Å². The van der Waals surface area contributed by atoms with Gasteiger partial charge in [-0.1, -0.05) is 0 Å². The number of nitrogens with zero attached hydrogens (tertiary/aromatic N) is 1. The van der Waals surface area contributed by atoms with Crippen molar-refractivity contribution >= 4 is 21.6 Å². The SMILES string of the molecule is NCC1CCCN1c1ccc(C(F)(F)F)cc1Br. The molecule has 1 atom stereocenters. The first-order valence-electron chi connectivity index (χ1n) is 5.77. The van der Waals surface area contributed by atoms with Gasteiger partial charge in [0.1, 0.15) is 0 Å². The van der Waals surface area contributed by atoms with E-state index in [-0.39, 0.29) is 6.04 Å². The van der Waals surface area contributed by atoms with Crippen LogP contribution in [-0.4, -0.2) is 19.1 Å². The van der Waals surface area contributed by atoms with Crippen molar-refractivity contribution in [1.82, 2.24) is 0 Å². The molecule has 0 spiro atoms. The largest absolute Gasteiger partial charge is 0.416 e. The van der Waals surface area contributed by atoms with Crippen LogP contribution in [-0.2, 0) is 6.18 Å². The average molecular weight is 323 g/mol. The zero-order valence-electron chi connectivity index (χ0n) is 9.67. The zero-order valence-corrected chi connectivity index (χ0v) is 11.3. The summed E-state index contributed by atoms with van der Waals surface area (Å²) in [6.45, 7) is 1.36. The molecule has 2 nitrogen and oxygen atoms in total. The Hall–Kier alpha value is -0.750. The minimum Gasteiger partial charge on any atom is -0.366 e. The molecule has 1 saturated heterocycles. The van der Waals surface area contributed by atoms with Gasteiger partial charge in [0.15, 0.2) is 0 Å². The summed E-state index contributed by atoms with van der Waals surface area (Å²) in [6.07, 6.45) is -2.29. The molecule has 6 heteroatoms. The molecule has 0 aromatic heterocycles. The third-order valence-electron chi connectivity index (χ3n) is 3.23. The second-order valence-electron chi connectivity index (χ2n) is 4.39. The minimum absolute atomic E-state index is 0.220. The van der Waals surface area contributed by atoms with Gasteiger partial charge in [0, 0.05) is 23.6 Å².